The van der Waals surface area contributed by atoms with Crippen LogP contribution in [0.15, 0.2) is 42.5 Å². The van der Waals surface area contributed by atoms with E-state index in [4.69, 9.17) is 0 Å². The third-order valence-electron chi connectivity index (χ3n) is 3.59. The molecule has 0 heterocycles. The number of aryl methyl sites for hydroxylation is 1. The van der Waals surface area contributed by atoms with Crippen molar-refractivity contribution in [2.24, 2.45) is 0 Å². The Morgan fingerprint density at radius 3 is 2.42 bits per heavy atom. The summed E-state index contributed by atoms with van der Waals surface area (Å²) in [5.41, 5.74) is 1.74. The topological polar surface area (TPSA) is 49.4 Å². The molecule has 0 radical (unpaired) electrons. The van der Waals surface area contributed by atoms with E-state index in [1.807, 2.05) is 31.2 Å². The van der Waals surface area contributed by atoms with Crippen molar-refractivity contribution in [1.82, 2.24) is 5.32 Å². The van der Waals surface area contributed by atoms with Crippen LogP contribution in [0.5, 0.6) is 0 Å². The lowest BCUT2D eigenvalue weighted by molar-refractivity contribution is -0.116. The normalized spacial score (nSPS) is 10.3. The van der Waals surface area contributed by atoms with E-state index in [0.29, 0.717) is 0 Å². The Balaban J connectivity index is 2.00. The Kier molecular flexibility index (Phi) is 5.63. The van der Waals surface area contributed by atoms with Crippen LogP contribution < -0.4 is 10.2 Å². The molecule has 0 saturated heterocycles. The number of carbonyl (C=O) groups is 2. The molecule has 0 saturated carbocycles. The predicted molar refractivity (Wildman–Crippen MR) is 87.9 cm³/mol. The second-order valence-electron chi connectivity index (χ2n) is 5.34. The molecule has 4 nitrogen and oxygen atoms in total. The molecule has 0 aliphatic rings. The van der Waals surface area contributed by atoms with Crippen molar-refractivity contribution in [2.75, 3.05) is 18.0 Å². The number of para-hydroxylation sites is 1. The lowest BCUT2D eigenvalue weighted by Crippen LogP contribution is -2.38. The number of hydrogen-bond donors (Lipinski definition) is 1. The van der Waals surface area contributed by atoms with Crippen LogP contribution in [0.2, 0.25) is 0 Å². The highest BCUT2D eigenvalue weighted by Crippen LogP contribution is 2.19. The van der Waals surface area contributed by atoms with Crippen LogP contribution in [0.4, 0.5) is 14.5 Å². The molecule has 1 N–H and O–H groups in total. The maximum atomic E-state index is 13.2. The monoisotopic (exact) mass is 332 g/mol. The van der Waals surface area contributed by atoms with Crippen molar-refractivity contribution in [3.05, 3.63) is 65.2 Å². The molecular formula is C18H18F2N2O2. The third-order valence-corrected chi connectivity index (χ3v) is 3.59. The fourth-order valence-corrected chi connectivity index (χ4v) is 2.33. The Bertz CT molecular complexity index is 762. The third kappa shape index (κ3) is 4.16. The van der Waals surface area contributed by atoms with E-state index in [9.17, 15) is 18.4 Å². The summed E-state index contributed by atoms with van der Waals surface area (Å²) in [4.78, 5) is 25.4. The van der Waals surface area contributed by atoms with Gasteiger partial charge < -0.3 is 10.2 Å². The van der Waals surface area contributed by atoms with Gasteiger partial charge in [-0.25, -0.2) is 8.78 Å². The molecule has 0 aliphatic carbocycles. The quantitative estimate of drug-likeness (QED) is 0.915. The smallest absolute Gasteiger partial charge is 0.251 e. The number of anilines is 1. The molecule has 0 aliphatic heterocycles. The van der Waals surface area contributed by atoms with Gasteiger partial charge in [0.25, 0.3) is 5.91 Å². The summed E-state index contributed by atoms with van der Waals surface area (Å²) >= 11 is 0. The van der Waals surface area contributed by atoms with Gasteiger partial charge in [-0.1, -0.05) is 18.2 Å². The predicted octanol–water partition coefficient (Wildman–Crippen LogP) is 3.06. The second kappa shape index (κ2) is 7.68. The van der Waals surface area contributed by atoms with Gasteiger partial charge >= 0.3 is 0 Å². The summed E-state index contributed by atoms with van der Waals surface area (Å²) in [5, 5.41) is 2.60. The summed E-state index contributed by atoms with van der Waals surface area (Å²) in [6, 6.07) is 10.4. The Morgan fingerprint density at radius 2 is 1.79 bits per heavy atom. The van der Waals surface area contributed by atoms with Crippen molar-refractivity contribution in [3.8, 4) is 0 Å². The fraction of sp³-hybridized carbons (Fsp3) is 0.222. The first-order valence-corrected chi connectivity index (χ1v) is 7.47. The first kappa shape index (κ1) is 17.6. The van der Waals surface area contributed by atoms with Gasteiger partial charge in [-0.15, -0.1) is 0 Å². The summed E-state index contributed by atoms with van der Waals surface area (Å²) < 4.78 is 26.0. The zero-order chi connectivity index (χ0) is 17.7. The largest absolute Gasteiger partial charge is 0.350 e. The standard InChI is InChI=1S/C18H18F2N2O2/c1-12-5-3-4-6-17(12)22(13(2)23)10-9-21-18(24)14-7-8-15(19)16(20)11-14/h3-8,11H,9-10H2,1-2H3,(H,21,24). The number of nitrogens with zero attached hydrogens (tertiary/aromatic N) is 1. The van der Waals surface area contributed by atoms with E-state index in [-0.39, 0.29) is 24.6 Å². The Labute approximate surface area is 139 Å². The van der Waals surface area contributed by atoms with Crippen LogP contribution >= 0.6 is 0 Å². The van der Waals surface area contributed by atoms with E-state index in [2.05, 4.69) is 5.32 Å². The molecular weight excluding hydrogens is 314 g/mol. The van der Waals surface area contributed by atoms with E-state index in [0.717, 1.165) is 23.4 Å². The van der Waals surface area contributed by atoms with Gasteiger partial charge in [0, 0.05) is 31.3 Å². The molecule has 0 aromatic heterocycles. The van der Waals surface area contributed by atoms with E-state index < -0.39 is 17.5 Å². The number of hydrogen-bond acceptors (Lipinski definition) is 2. The lowest BCUT2D eigenvalue weighted by Gasteiger charge is -2.23. The summed E-state index contributed by atoms with van der Waals surface area (Å²) in [6.45, 7) is 3.80. The second-order valence-corrected chi connectivity index (χ2v) is 5.34. The van der Waals surface area contributed by atoms with Crippen LogP contribution in [0.1, 0.15) is 22.8 Å². The van der Waals surface area contributed by atoms with Gasteiger partial charge in [0.05, 0.1) is 0 Å². The van der Waals surface area contributed by atoms with Crippen LogP contribution in [0.3, 0.4) is 0 Å². The maximum absolute atomic E-state index is 13.2. The van der Waals surface area contributed by atoms with Gasteiger partial charge in [0.15, 0.2) is 11.6 Å². The number of halogens is 2. The molecule has 0 bridgehead atoms. The van der Waals surface area contributed by atoms with Crippen molar-refractivity contribution < 1.29 is 18.4 Å². The molecule has 24 heavy (non-hydrogen) atoms. The van der Waals surface area contributed by atoms with Crippen LogP contribution in [0.25, 0.3) is 0 Å². The number of carbonyl (C=O) groups excluding carboxylic acids is 2. The number of benzene rings is 2. The van der Waals surface area contributed by atoms with Crippen LogP contribution in [-0.2, 0) is 4.79 Å². The number of rotatable bonds is 5. The zero-order valence-electron chi connectivity index (χ0n) is 13.5. The first-order valence-electron chi connectivity index (χ1n) is 7.47. The number of nitrogens with one attached hydrogen (secondary N) is 1. The average Bonchev–Trinajstić information content (AvgIpc) is 2.54. The molecule has 0 atom stereocenters. The summed E-state index contributed by atoms with van der Waals surface area (Å²) in [6.07, 6.45) is 0. The molecule has 2 aromatic rings. The van der Waals surface area contributed by atoms with Gasteiger partial charge in [0.2, 0.25) is 5.91 Å². The first-order chi connectivity index (χ1) is 11.4. The SMILES string of the molecule is CC(=O)N(CCNC(=O)c1ccc(F)c(F)c1)c1ccccc1C. The van der Waals surface area contributed by atoms with Crippen molar-refractivity contribution in [2.45, 2.75) is 13.8 Å². The highest BCUT2D eigenvalue weighted by molar-refractivity contribution is 5.95. The van der Waals surface area contributed by atoms with Crippen LogP contribution in [-0.4, -0.2) is 24.9 Å². The van der Waals surface area contributed by atoms with Gasteiger partial charge in [0.1, 0.15) is 0 Å². The van der Waals surface area contributed by atoms with Crippen molar-refractivity contribution in [3.63, 3.8) is 0 Å². The van der Waals surface area contributed by atoms with E-state index in [1.54, 1.807) is 4.90 Å². The van der Waals surface area contributed by atoms with Gasteiger partial charge in [-0.3, -0.25) is 9.59 Å². The minimum Gasteiger partial charge on any atom is -0.350 e. The zero-order valence-corrected chi connectivity index (χ0v) is 13.5. The molecule has 126 valence electrons. The van der Waals surface area contributed by atoms with Crippen molar-refractivity contribution in [1.29, 1.82) is 0 Å². The molecule has 2 aromatic carbocycles. The van der Waals surface area contributed by atoms with Gasteiger partial charge in [-0.2, -0.15) is 0 Å². The molecule has 2 rings (SSSR count). The Hall–Kier alpha value is -2.76. The lowest BCUT2D eigenvalue weighted by atomic mass is 10.1. The molecule has 0 unspecified atom stereocenters. The molecule has 2 amide bonds. The summed E-state index contributed by atoms with van der Waals surface area (Å²) in [5.74, 6) is -2.75. The minimum atomic E-state index is -1.08. The minimum absolute atomic E-state index is 0.0270. The van der Waals surface area contributed by atoms with E-state index >= 15 is 0 Å². The molecule has 0 fully saturated rings. The number of amides is 2. The average molecular weight is 332 g/mol. The molecule has 6 heteroatoms. The Morgan fingerprint density at radius 1 is 1.08 bits per heavy atom. The van der Waals surface area contributed by atoms with Crippen LogP contribution in [0, 0.1) is 18.6 Å². The highest BCUT2D eigenvalue weighted by atomic mass is 19.2. The molecule has 0 spiro atoms. The fourth-order valence-electron chi connectivity index (χ4n) is 2.33. The summed E-state index contributed by atoms with van der Waals surface area (Å²) in [7, 11) is 0. The van der Waals surface area contributed by atoms with E-state index in [1.165, 1.54) is 13.0 Å². The van der Waals surface area contributed by atoms with Crippen molar-refractivity contribution >= 4 is 17.5 Å². The highest BCUT2D eigenvalue weighted by Gasteiger charge is 2.14. The maximum Gasteiger partial charge on any atom is 0.251 e. The van der Waals surface area contributed by atoms with Gasteiger partial charge in [-0.05, 0) is 36.8 Å².